The van der Waals surface area contributed by atoms with Crippen LogP contribution in [0.1, 0.15) is 11.5 Å². The van der Waals surface area contributed by atoms with Crippen LogP contribution in [0.2, 0.25) is 0 Å². The van der Waals surface area contributed by atoms with Gasteiger partial charge in [-0.15, -0.1) is 0 Å². The zero-order valence-electron chi connectivity index (χ0n) is 12.1. The first kappa shape index (κ1) is 15.8. The van der Waals surface area contributed by atoms with Gasteiger partial charge in [-0.25, -0.2) is 8.42 Å². The molecule has 2 rings (SSSR count). The second-order valence-electron chi connectivity index (χ2n) is 5.28. The van der Waals surface area contributed by atoms with Crippen LogP contribution in [0.3, 0.4) is 0 Å². The normalized spacial score (nSPS) is 28.1. The minimum atomic E-state index is -3.51. The fourth-order valence-corrected chi connectivity index (χ4v) is 4.94. The van der Waals surface area contributed by atoms with Gasteiger partial charge in [0.15, 0.2) is 9.84 Å². The minimum Gasteiger partial charge on any atom is -0.497 e. The van der Waals surface area contributed by atoms with Gasteiger partial charge in [-0.05, 0) is 17.7 Å². The molecule has 0 saturated heterocycles. The molecule has 0 spiro atoms. The van der Waals surface area contributed by atoms with Crippen molar-refractivity contribution in [2.45, 2.75) is 11.2 Å². The van der Waals surface area contributed by atoms with E-state index >= 15 is 0 Å². The van der Waals surface area contributed by atoms with Crippen LogP contribution in [-0.4, -0.2) is 51.8 Å². The highest BCUT2D eigenvalue weighted by Gasteiger charge is 2.74. The van der Waals surface area contributed by atoms with Gasteiger partial charge < -0.3 is 14.6 Å². The van der Waals surface area contributed by atoms with E-state index in [4.69, 9.17) is 9.47 Å². The summed E-state index contributed by atoms with van der Waals surface area (Å²) in [7, 11) is -0.615. The first-order valence-corrected chi connectivity index (χ1v) is 8.29. The Bertz CT molecular complexity index is 636. The number of benzene rings is 1. The van der Waals surface area contributed by atoms with Crippen LogP contribution in [0, 0.1) is 5.41 Å². The van der Waals surface area contributed by atoms with E-state index in [1.54, 1.807) is 24.3 Å². The molecule has 0 bridgehead atoms. The van der Waals surface area contributed by atoms with E-state index in [1.807, 2.05) is 0 Å². The molecule has 7 heteroatoms. The number of carboxylic acid groups (broad SMARTS) is 1. The van der Waals surface area contributed by atoms with Gasteiger partial charge in [0.05, 0.1) is 19.0 Å². The number of carbonyl (C=O) groups is 1. The molecule has 1 aliphatic carbocycles. The number of hydrogen-bond donors (Lipinski definition) is 1. The lowest BCUT2D eigenvalue weighted by Gasteiger charge is -2.11. The van der Waals surface area contributed by atoms with Crippen molar-refractivity contribution in [2.75, 3.05) is 27.1 Å². The Kier molecular flexibility index (Phi) is 3.99. The van der Waals surface area contributed by atoms with Crippen LogP contribution in [0.25, 0.3) is 0 Å². The largest absolute Gasteiger partial charge is 0.497 e. The minimum absolute atomic E-state index is 0.142. The highest BCUT2D eigenvalue weighted by Crippen LogP contribution is 2.63. The molecule has 116 valence electrons. The Morgan fingerprint density at radius 2 is 1.86 bits per heavy atom. The molecule has 1 aliphatic rings. The van der Waals surface area contributed by atoms with E-state index in [0.29, 0.717) is 11.3 Å². The predicted molar refractivity (Wildman–Crippen MR) is 76.3 cm³/mol. The van der Waals surface area contributed by atoms with Crippen LogP contribution in [0.4, 0.5) is 0 Å². The van der Waals surface area contributed by atoms with Crippen molar-refractivity contribution in [3.05, 3.63) is 29.8 Å². The quantitative estimate of drug-likeness (QED) is 0.840. The highest BCUT2D eigenvalue weighted by atomic mass is 32.2. The molecule has 3 atom stereocenters. The van der Waals surface area contributed by atoms with Crippen LogP contribution in [-0.2, 0) is 19.4 Å². The molecule has 1 aromatic carbocycles. The average molecular weight is 314 g/mol. The predicted octanol–water partition coefficient (Wildman–Crippen LogP) is 0.923. The van der Waals surface area contributed by atoms with Gasteiger partial charge in [0.1, 0.15) is 11.2 Å². The third-order valence-corrected chi connectivity index (χ3v) is 5.59. The van der Waals surface area contributed by atoms with Crippen LogP contribution >= 0.6 is 0 Å². The van der Waals surface area contributed by atoms with Gasteiger partial charge in [-0.3, -0.25) is 4.79 Å². The number of aliphatic carboxylic acids is 1. The van der Waals surface area contributed by atoms with E-state index in [0.717, 1.165) is 6.26 Å². The Balaban J connectivity index is 2.46. The first-order chi connectivity index (χ1) is 9.79. The number of hydrogen-bond acceptors (Lipinski definition) is 5. The van der Waals surface area contributed by atoms with E-state index < -0.39 is 32.4 Å². The van der Waals surface area contributed by atoms with Crippen molar-refractivity contribution in [1.29, 1.82) is 0 Å². The molecule has 1 aromatic rings. The summed E-state index contributed by atoms with van der Waals surface area (Å²) in [6, 6.07) is 6.77. The molecule has 0 aliphatic heterocycles. The molecule has 0 amide bonds. The number of rotatable bonds is 6. The Labute approximate surface area is 123 Å². The van der Waals surface area contributed by atoms with Crippen LogP contribution < -0.4 is 4.74 Å². The van der Waals surface area contributed by atoms with Crippen LogP contribution in [0.15, 0.2) is 24.3 Å². The molecule has 0 aromatic heterocycles. The zero-order valence-corrected chi connectivity index (χ0v) is 12.9. The van der Waals surface area contributed by atoms with Gasteiger partial charge in [-0.1, -0.05) is 12.1 Å². The SMILES string of the molecule is COC[C@]1(C(=O)O)[C@H](c2ccc(OC)cc2)[C@H]1S(C)(=O)=O. The lowest BCUT2D eigenvalue weighted by Crippen LogP contribution is -2.28. The average Bonchev–Trinajstić information content (AvgIpc) is 3.10. The van der Waals surface area contributed by atoms with E-state index in [2.05, 4.69) is 0 Å². The summed E-state index contributed by atoms with van der Waals surface area (Å²) in [5, 5.41) is 8.56. The molecule has 1 saturated carbocycles. The summed E-state index contributed by atoms with van der Waals surface area (Å²) < 4.78 is 33.9. The summed E-state index contributed by atoms with van der Waals surface area (Å²) in [6.45, 7) is -0.142. The maximum absolute atomic E-state index is 12.0. The molecule has 1 N–H and O–H groups in total. The summed E-state index contributed by atoms with van der Waals surface area (Å²) in [4.78, 5) is 11.7. The van der Waals surface area contributed by atoms with Gasteiger partial charge in [0, 0.05) is 19.3 Å². The van der Waals surface area contributed by atoms with Gasteiger partial charge >= 0.3 is 5.97 Å². The lowest BCUT2D eigenvalue weighted by molar-refractivity contribution is -0.145. The van der Waals surface area contributed by atoms with Crippen molar-refractivity contribution < 1.29 is 27.8 Å². The van der Waals surface area contributed by atoms with E-state index in [-0.39, 0.29) is 6.61 Å². The van der Waals surface area contributed by atoms with Crippen molar-refractivity contribution in [3.63, 3.8) is 0 Å². The van der Waals surface area contributed by atoms with Gasteiger partial charge in [-0.2, -0.15) is 0 Å². The van der Waals surface area contributed by atoms with Crippen LogP contribution in [0.5, 0.6) is 5.75 Å². The van der Waals surface area contributed by atoms with Crippen molar-refractivity contribution in [2.24, 2.45) is 5.41 Å². The second kappa shape index (κ2) is 5.31. The maximum Gasteiger partial charge on any atom is 0.314 e. The van der Waals surface area contributed by atoms with E-state index in [1.165, 1.54) is 14.2 Å². The van der Waals surface area contributed by atoms with Gasteiger partial charge in [0.25, 0.3) is 0 Å². The number of carboxylic acids is 1. The number of sulfone groups is 1. The molecular formula is C14H18O6S. The molecule has 0 unspecified atom stereocenters. The zero-order chi connectivity index (χ0) is 15.8. The Hall–Kier alpha value is -1.60. The third-order valence-electron chi connectivity index (χ3n) is 3.97. The monoisotopic (exact) mass is 314 g/mol. The smallest absolute Gasteiger partial charge is 0.314 e. The fraction of sp³-hybridized carbons (Fsp3) is 0.500. The molecule has 21 heavy (non-hydrogen) atoms. The van der Waals surface area contributed by atoms with Crippen molar-refractivity contribution in [3.8, 4) is 5.75 Å². The highest BCUT2D eigenvalue weighted by molar-refractivity contribution is 7.91. The molecule has 0 heterocycles. The Morgan fingerprint density at radius 3 is 2.24 bits per heavy atom. The van der Waals surface area contributed by atoms with Gasteiger partial charge in [0.2, 0.25) is 0 Å². The van der Waals surface area contributed by atoms with Crippen molar-refractivity contribution in [1.82, 2.24) is 0 Å². The summed E-state index contributed by atoms with van der Waals surface area (Å²) in [5.74, 6) is -1.14. The standard InChI is InChI=1S/C14H18O6S/c1-19-8-14(13(15)16)11(12(14)21(3,17)18)9-4-6-10(20-2)7-5-9/h4-7,11-12H,8H2,1-3H3,(H,15,16)/t11-,12-,14+/m1/s1. The molecule has 1 fully saturated rings. The summed E-state index contributed by atoms with van der Waals surface area (Å²) in [5.41, 5.74) is -0.762. The third kappa shape index (κ3) is 2.51. The number of ether oxygens (including phenoxy) is 2. The van der Waals surface area contributed by atoms with Crippen molar-refractivity contribution >= 4 is 15.8 Å². The molecular weight excluding hydrogens is 296 g/mol. The Morgan fingerprint density at radius 1 is 1.29 bits per heavy atom. The maximum atomic E-state index is 12.0. The summed E-state index contributed by atoms with van der Waals surface area (Å²) in [6.07, 6.45) is 1.06. The topological polar surface area (TPSA) is 89.9 Å². The number of methoxy groups -OCH3 is 2. The fourth-order valence-electron chi connectivity index (χ4n) is 3.04. The first-order valence-electron chi connectivity index (χ1n) is 6.34. The second-order valence-corrected chi connectivity index (χ2v) is 7.45. The molecule has 0 radical (unpaired) electrons. The summed E-state index contributed by atoms with van der Waals surface area (Å²) >= 11 is 0. The van der Waals surface area contributed by atoms with E-state index in [9.17, 15) is 18.3 Å². The molecule has 6 nitrogen and oxygen atoms in total. The lowest BCUT2D eigenvalue weighted by atomic mass is 10.00.